The van der Waals surface area contributed by atoms with Gasteiger partial charge in [0.05, 0.1) is 0 Å². The molecular weight excluding hydrogens is 344 g/mol. The van der Waals surface area contributed by atoms with Crippen LogP contribution in [0.1, 0.15) is 47.0 Å². The van der Waals surface area contributed by atoms with Crippen molar-refractivity contribution in [2.45, 2.75) is 65.1 Å². The molecule has 0 rings (SSSR count). The molecule has 0 aliphatic heterocycles. The van der Waals surface area contributed by atoms with Crippen molar-refractivity contribution >= 4 is 17.9 Å². The lowest BCUT2D eigenvalue weighted by atomic mass is 10.2. The summed E-state index contributed by atoms with van der Waals surface area (Å²) in [6.07, 6.45) is 3.35. The highest BCUT2D eigenvalue weighted by Gasteiger charge is 2.30. The average molecular weight is 374 g/mol. The van der Waals surface area contributed by atoms with Crippen LogP contribution in [0.25, 0.3) is 0 Å². The van der Waals surface area contributed by atoms with Gasteiger partial charge in [0.1, 0.15) is 23.9 Å². The smallest absolute Gasteiger partial charge is 0.326 e. The zero-order valence-electron chi connectivity index (χ0n) is 15.8. The van der Waals surface area contributed by atoms with E-state index in [-0.39, 0.29) is 18.8 Å². The second kappa shape index (κ2) is 11.3. The van der Waals surface area contributed by atoms with E-state index in [2.05, 4.69) is 0 Å². The highest BCUT2D eigenvalue weighted by Crippen LogP contribution is 2.12. The van der Waals surface area contributed by atoms with Crippen molar-refractivity contribution in [3.05, 3.63) is 12.0 Å². The Hall–Kier alpha value is -2.29. The second-order valence-corrected chi connectivity index (χ2v) is 6.24. The number of allylic oxidation sites excluding steroid dienone is 1. The third-order valence-electron chi connectivity index (χ3n) is 4.28. The molecule has 0 aliphatic rings. The van der Waals surface area contributed by atoms with Crippen LogP contribution in [0.3, 0.4) is 0 Å². The molecule has 0 aliphatic carbocycles. The van der Waals surface area contributed by atoms with E-state index >= 15 is 0 Å². The first-order chi connectivity index (χ1) is 12.0. The van der Waals surface area contributed by atoms with Gasteiger partial charge in [-0.05, 0) is 27.2 Å². The van der Waals surface area contributed by atoms with E-state index in [1.807, 2.05) is 6.92 Å². The number of aliphatic hydroxyl groups is 1. The zero-order valence-corrected chi connectivity index (χ0v) is 15.8. The summed E-state index contributed by atoms with van der Waals surface area (Å²) in [4.78, 5) is 36.5. The fraction of sp³-hybridized carbons (Fsp3) is 0.706. The molecule has 0 aromatic heterocycles. The van der Waals surface area contributed by atoms with Crippen LogP contribution < -0.4 is 0 Å². The van der Waals surface area contributed by atoms with Crippen LogP contribution >= 0.6 is 0 Å². The fourth-order valence-corrected chi connectivity index (χ4v) is 2.36. The van der Waals surface area contributed by atoms with E-state index in [9.17, 15) is 34.8 Å². The topological polar surface area (TPSA) is 139 Å². The maximum atomic E-state index is 11.3. The van der Waals surface area contributed by atoms with Gasteiger partial charge in [-0.1, -0.05) is 13.3 Å². The number of carboxylic acids is 3. The third-order valence-corrected chi connectivity index (χ3v) is 4.28. The zero-order chi connectivity index (χ0) is 20.4. The van der Waals surface area contributed by atoms with Crippen molar-refractivity contribution in [2.75, 3.05) is 13.1 Å². The molecular formula is C17H30N2O7. The van der Waals surface area contributed by atoms with Crippen molar-refractivity contribution in [1.29, 1.82) is 0 Å². The summed E-state index contributed by atoms with van der Waals surface area (Å²) in [7, 11) is 0. The monoisotopic (exact) mass is 374 g/mol. The normalized spacial score (nSPS) is 15.3. The largest absolute Gasteiger partial charge is 0.511 e. The Balaban J connectivity index is 5.35. The maximum Gasteiger partial charge on any atom is 0.326 e. The minimum absolute atomic E-state index is 0.0100. The summed E-state index contributed by atoms with van der Waals surface area (Å²) in [5.41, 5.74) is 0. The quantitative estimate of drug-likeness (QED) is 0.354. The van der Waals surface area contributed by atoms with Crippen LogP contribution in [-0.4, -0.2) is 79.3 Å². The van der Waals surface area contributed by atoms with Crippen molar-refractivity contribution in [3.8, 4) is 0 Å². The highest BCUT2D eigenvalue weighted by atomic mass is 16.4. The standard InChI is InChI=1S/C17H30N2O7/c1-5-6-7-14(20)10-18(11(2)15(21)22)8-9-19(12(3)16(23)24)13(4)17(25)26/h10-13,20H,5-9H2,1-4H3,(H,21,22)(H,23,24)(H,25,26)/b14-10+. The van der Waals surface area contributed by atoms with Gasteiger partial charge in [-0.3, -0.25) is 14.5 Å². The Morgan fingerprint density at radius 2 is 1.31 bits per heavy atom. The molecule has 0 saturated carbocycles. The Morgan fingerprint density at radius 1 is 0.846 bits per heavy atom. The molecule has 3 unspecified atom stereocenters. The molecule has 0 amide bonds. The number of hydrogen-bond donors (Lipinski definition) is 4. The van der Waals surface area contributed by atoms with Gasteiger partial charge >= 0.3 is 17.9 Å². The van der Waals surface area contributed by atoms with Gasteiger partial charge in [0.25, 0.3) is 0 Å². The molecule has 9 nitrogen and oxygen atoms in total. The van der Waals surface area contributed by atoms with Crippen LogP contribution in [0.15, 0.2) is 12.0 Å². The van der Waals surface area contributed by atoms with Crippen molar-refractivity contribution < 1.29 is 34.8 Å². The van der Waals surface area contributed by atoms with E-state index in [0.717, 1.165) is 12.8 Å². The lowest BCUT2D eigenvalue weighted by molar-refractivity contribution is -0.150. The Labute approximate surface area is 153 Å². The number of nitrogens with zero attached hydrogens (tertiary/aromatic N) is 2. The first-order valence-electron chi connectivity index (χ1n) is 8.62. The van der Waals surface area contributed by atoms with Crippen LogP contribution in [0.4, 0.5) is 0 Å². The van der Waals surface area contributed by atoms with Crippen molar-refractivity contribution in [2.24, 2.45) is 0 Å². The summed E-state index contributed by atoms with van der Waals surface area (Å²) in [6, 6.07) is -3.07. The number of carboxylic acid groups (broad SMARTS) is 3. The summed E-state index contributed by atoms with van der Waals surface area (Å²) in [5, 5.41) is 37.6. The number of aliphatic hydroxyl groups excluding tert-OH is 1. The summed E-state index contributed by atoms with van der Waals surface area (Å²) < 4.78 is 0. The predicted octanol–water partition coefficient (Wildman–Crippen LogP) is 1.60. The van der Waals surface area contributed by atoms with Gasteiger partial charge in [-0.2, -0.15) is 0 Å². The van der Waals surface area contributed by atoms with Gasteiger partial charge in [-0.25, -0.2) is 4.79 Å². The molecule has 0 spiro atoms. The molecule has 0 radical (unpaired) electrons. The molecule has 0 aromatic rings. The Morgan fingerprint density at radius 3 is 1.69 bits per heavy atom. The highest BCUT2D eigenvalue weighted by molar-refractivity contribution is 5.77. The van der Waals surface area contributed by atoms with E-state index < -0.39 is 36.0 Å². The number of carbonyl (C=O) groups is 3. The fourth-order valence-electron chi connectivity index (χ4n) is 2.36. The first kappa shape index (κ1) is 23.7. The van der Waals surface area contributed by atoms with E-state index in [1.54, 1.807) is 0 Å². The maximum absolute atomic E-state index is 11.3. The Bertz CT molecular complexity index is 501. The molecule has 9 heteroatoms. The molecule has 0 bridgehead atoms. The van der Waals surface area contributed by atoms with Crippen LogP contribution in [-0.2, 0) is 14.4 Å². The molecule has 0 aromatic carbocycles. The lowest BCUT2D eigenvalue weighted by Gasteiger charge is -2.33. The average Bonchev–Trinajstić information content (AvgIpc) is 2.57. The second-order valence-electron chi connectivity index (χ2n) is 6.24. The number of aliphatic carboxylic acids is 3. The molecule has 3 atom stereocenters. The molecule has 0 saturated heterocycles. The van der Waals surface area contributed by atoms with Crippen molar-refractivity contribution in [3.63, 3.8) is 0 Å². The third kappa shape index (κ3) is 7.73. The van der Waals surface area contributed by atoms with Gasteiger partial charge < -0.3 is 25.3 Å². The minimum Gasteiger partial charge on any atom is -0.511 e. The molecule has 0 fully saturated rings. The van der Waals surface area contributed by atoms with E-state index in [4.69, 9.17) is 0 Å². The number of unbranched alkanes of at least 4 members (excludes halogenated alkanes) is 1. The molecule has 4 N–H and O–H groups in total. The number of hydrogen-bond acceptors (Lipinski definition) is 6. The molecule has 26 heavy (non-hydrogen) atoms. The van der Waals surface area contributed by atoms with Crippen LogP contribution in [0.5, 0.6) is 0 Å². The lowest BCUT2D eigenvalue weighted by Crippen LogP contribution is -2.51. The van der Waals surface area contributed by atoms with Gasteiger partial charge in [0.2, 0.25) is 0 Å². The van der Waals surface area contributed by atoms with E-state index in [0.29, 0.717) is 6.42 Å². The minimum atomic E-state index is -1.17. The predicted molar refractivity (Wildman–Crippen MR) is 94.9 cm³/mol. The van der Waals surface area contributed by atoms with Gasteiger partial charge in [0.15, 0.2) is 0 Å². The van der Waals surface area contributed by atoms with E-state index in [1.165, 1.54) is 36.8 Å². The van der Waals surface area contributed by atoms with Crippen LogP contribution in [0.2, 0.25) is 0 Å². The molecule has 150 valence electrons. The summed E-state index contributed by atoms with van der Waals surface area (Å²) in [6.45, 7) is 6.22. The SMILES string of the molecule is CCCC/C(O)=C\N(CCN(C(C)C(=O)O)C(C)C(=O)O)C(C)C(=O)O. The summed E-state index contributed by atoms with van der Waals surface area (Å²) in [5.74, 6) is -3.41. The Kier molecular flexibility index (Phi) is 10.3. The first-order valence-corrected chi connectivity index (χ1v) is 8.62. The number of rotatable bonds is 13. The summed E-state index contributed by atoms with van der Waals surface area (Å²) >= 11 is 0. The van der Waals surface area contributed by atoms with Gasteiger partial charge in [0, 0.05) is 25.7 Å². The van der Waals surface area contributed by atoms with Crippen LogP contribution in [0, 0.1) is 0 Å². The van der Waals surface area contributed by atoms with Crippen molar-refractivity contribution in [1.82, 2.24) is 9.80 Å². The molecule has 0 heterocycles. The van der Waals surface area contributed by atoms with Gasteiger partial charge in [-0.15, -0.1) is 0 Å².